The molecule has 2 aromatic rings. The van der Waals surface area contributed by atoms with Gasteiger partial charge < -0.3 is 0 Å². The fraction of sp³-hybridized carbons (Fsp3) is 0. The van der Waals surface area contributed by atoms with Crippen molar-refractivity contribution in [1.82, 2.24) is 0 Å². The van der Waals surface area contributed by atoms with Crippen LogP contribution in [0.1, 0.15) is 5.56 Å². The number of rotatable bonds is 3. The van der Waals surface area contributed by atoms with Crippen molar-refractivity contribution in [1.29, 1.82) is 5.26 Å². The van der Waals surface area contributed by atoms with Crippen molar-refractivity contribution in [2.75, 3.05) is 0 Å². The van der Waals surface area contributed by atoms with Crippen LogP contribution in [0.15, 0.2) is 59.8 Å². The first-order valence-corrected chi connectivity index (χ1v) is 6.44. The molecule has 0 spiro atoms. The molecule has 0 radical (unpaired) electrons. The largest absolute Gasteiger partial charge is 0.396 e. The third-order valence-electron chi connectivity index (χ3n) is 2.12. The molecule has 18 heavy (non-hydrogen) atoms. The van der Waals surface area contributed by atoms with E-state index in [4.69, 9.17) is 9.55 Å². The minimum absolute atomic E-state index is 0.0575. The van der Waals surface area contributed by atoms with Gasteiger partial charge in [0, 0.05) is 16.9 Å². The van der Waals surface area contributed by atoms with Crippen LogP contribution in [0, 0.1) is 11.3 Å². The van der Waals surface area contributed by atoms with Crippen LogP contribution in [0.25, 0.3) is 0 Å². The first kappa shape index (κ1) is 12.1. The molecule has 0 saturated heterocycles. The summed E-state index contributed by atoms with van der Waals surface area (Å²) >= 11 is 0. The molecule has 6 heteroatoms. The zero-order valence-electron chi connectivity index (χ0n) is 9.22. The molecule has 0 unspecified atom stereocenters. The molecule has 1 aromatic heterocycles. The van der Waals surface area contributed by atoms with E-state index in [0.29, 0.717) is 0 Å². The summed E-state index contributed by atoms with van der Waals surface area (Å²) in [6.07, 6.45) is 2.93. The summed E-state index contributed by atoms with van der Waals surface area (Å²) in [5, 5.41) is 8.73. The van der Waals surface area contributed by atoms with Crippen LogP contribution in [0.3, 0.4) is 0 Å². The number of aromatic nitrogens is 1. The Morgan fingerprint density at radius 1 is 1.11 bits per heavy atom. The van der Waals surface area contributed by atoms with Crippen LogP contribution in [0.2, 0.25) is 0 Å². The van der Waals surface area contributed by atoms with Gasteiger partial charge in [-0.2, -0.15) is 13.7 Å². The number of nitriles is 1. The molecule has 90 valence electrons. The molecule has 0 aliphatic carbocycles. The first-order chi connectivity index (χ1) is 8.62. The maximum Gasteiger partial charge on any atom is 0.396 e. The summed E-state index contributed by atoms with van der Waals surface area (Å²) in [6.45, 7) is 0. The predicted octanol–water partition coefficient (Wildman–Crippen LogP) is 0.663. The van der Waals surface area contributed by atoms with E-state index in [1.807, 2.05) is 6.07 Å². The van der Waals surface area contributed by atoms with Gasteiger partial charge in [0.1, 0.15) is 4.90 Å². The van der Waals surface area contributed by atoms with Crippen LogP contribution in [-0.2, 0) is 10.1 Å². The lowest BCUT2D eigenvalue weighted by molar-refractivity contribution is -0.856. The monoisotopic (exact) mass is 261 g/mol. The fourth-order valence-electron chi connectivity index (χ4n) is 1.31. The van der Waals surface area contributed by atoms with Gasteiger partial charge in [0.15, 0.2) is 0 Å². The molecule has 0 saturated carbocycles. The normalized spacial score (nSPS) is 10.6. The van der Waals surface area contributed by atoms with E-state index in [2.05, 4.69) is 0 Å². The Labute approximate surface area is 105 Å². The van der Waals surface area contributed by atoms with Crippen LogP contribution < -0.4 is 9.01 Å². The summed E-state index contributed by atoms with van der Waals surface area (Å²) in [5.41, 5.74) is 0.262. The lowest BCUT2D eigenvalue weighted by atomic mass is 10.2. The van der Waals surface area contributed by atoms with E-state index in [-0.39, 0.29) is 10.5 Å². The lowest BCUT2D eigenvalue weighted by Gasteiger charge is -2.00. The Morgan fingerprint density at radius 3 is 2.50 bits per heavy atom. The average Bonchev–Trinajstić information content (AvgIpc) is 2.39. The molecule has 0 bridgehead atoms. The topological polar surface area (TPSA) is 71.0 Å². The Balaban J connectivity index is 2.34. The van der Waals surface area contributed by atoms with E-state index in [0.717, 1.165) is 4.73 Å². The highest BCUT2D eigenvalue weighted by molar-refractivity contribution is 7.86. The third-order valence-corrected chi connectivity index (χ3v) is 3.32. The summed E-state index contributed by atoms with van der Waals surface area (Å²) in [7, 11) is -3.93. The average molecular weight is 261 g/mol. The highest BCUT2D eigenvalue weighted by Crippen LogP contribution is 2.10. The second kappa shape index (κ2) is 4.85. The molecule has 0 aliphatic heterocycles. The Hall–Kier alpha value is -2.39. The second-order valence-corrected chi connectivity index (χ2v) is 4.93. The molecular formula is C12H9N2O3S+. The Morgan fingerprint density at radius 2 is 1.83 bits per heavy atom. The fourth-order valence-corrected chi connectivity index (χ4v) is 2.24. The Kier molecular flexibility index (Phi) is 3.26. The van der Waals surface area contributed by atoms with Gasteiger partial charge in [0.05, 0.1) is 11.6 Å². The van der Waals surface area contributed by atoms with Gasteiger partial charge in [-0.25, -0.2) is 0 Å². The van der Waals surface area contributed by atoms with Gasteiger partial charge in [0.2, 0.25) is 12.4 Å². The quantitative estimate of drug-likeness (QED) is 0.761. The molecule has 5 nitrogen and oxygen atoms in total. The van der Waals surface area contributed by atoms with Gasteiger partial charge in [-0.15, -0.1) is 4.28 Å². The first-order valence-electron chi connectivity index (χ1n) is 5.03. The maximum absolute atomic E-state index is 11.9. The van der Waals surface area contributed by atoms with Crippen molar-refractivity contribution in [3.8, 4) is 6.07 Å². The van der Waals surface area contributed by atoms with Crippen LogP contribution in [0.5, 0.6) is 0 Å². The van der Waals surface area contributed by atoms with Crippen molar-refractivity contribution in [3.63, 3.8) is 0 Å². The van der Waals surface area contributed by atoms with Crippen molar-refractivity contribution < 1.29 is 17.4 Å². The lowest BCUT2D eigenvalue weighted by Crippen LogP contribution is -2.44. The minimum atomic E-state index is -3.93. The van der Waals surface area contributed by atoms with E-state index in [1.54, 1.807) is 18.2 Å². The molecule has 1 aromatic carbocycles. The van der Waals surface area contributed by atoms with E-state index in [1.165, 1.54) is 36.7 Å². The minimum Gasteiger partial charge on any atom is -0.192 e. The summed E-state index contributed by atoms with van der Waals surface area (Å²) in [5.74, 6) is 0. The van der Waals surface area contributed by atoms with Crippen molar-refractivity contribution in [2.24, 2.45) is 0 Å². The molecule has 1 heterocycles. The van der Waals surface area contributed by atoms with Crippen LogP contribution in [-0.4, -0.2) is 8.42 Å². The van der Waals surface area contributed by atoms with Gasteiger partial charge in [0.25, 0.3) is 0 Å². The van der Waals surface area contributed by atoms with E-state index < -0.39 is 10.1 Å². The van der Waals surface area contributed by atoms with Gasteiger partial charge in [-0.3, -0.25) is 0 Å². The third kappa shape index (κ3) is 2.64. The van der Waals surface area contributed by atoms with Crippen molar-refractivity contribution >= 4 is 10.1 Å². The van der Waals surface area contributed by atoms with Crippen molar-refractivity contribution in [2.45, 2.75) is 4.90 Å². The molecule has 0 fully saturated rings. The summed E-state index contributed by atoms with van der Waals surface area (Å²) in [6, 6.07) is 12.5. The molecule has 2 rings (SSSR count). The van der Waals surface area contributed by atoms with Crippen LogP contribution >= 0.6 is 0 Å². The number of hydrogen-bond acceptors (Lipinski definition) is 4. The maximum atomic E-state index is 11.9. The number of pyridine rings is 1. The second-order valence-electron chi connectivity index (χ2n) is 3.40. The molecular weight excluding hydrogens is 252 g/mol. The van der Waals surface area contributed by atoms with Crippen LogP contribution in [0.4, 0.5) is 0 Å². The molecule has 0 amide bonds. The number of nitrogens with zero attached hydrogens (tertiary/aromatic N) is 2. The van der Waals surface area contributed by atoms with Gasteiger partial charge >= 0.3 is 10.1 Å². The zero-order chi connectivity index (χ0) is 13.0. The molecule has 0 atom stereocenters. The zero-order valence-corrected chi connectivity index (χ0v) is 10.0. The van der Waals surface area contributed by atoms with Gasteiger partial charge in [-0.1, -0.05) is 12.1 Å². The van der Waals surface area contributed by atoms with E-state index >= 15 is 0 Å². The summed E-state index contributed by atoms with van der Waals surface area (Å²) < 4.78 is 29.8. The number of benzene rings is 1. The SMILES string of the molecule is N#Cc1cccc(S(=O)(=O)O[n+]2ccccc2)c1. The number of hydrogen-bond donors (Lipinski definition) is 0. The predicted molar refractivity (Wildman–Crippen MR) is 61.6 cm³/mol. The molecule has 0 aliphatic rings. The summed E-state index contributed by atoms with van der Waals surface area (Å²) in [4.78, 5) is -0.0575. The van der Waals surface area contributed by atoms with Gasteiger partial charge in [-0.05, 0) is 18.2 Å². The highest BCUT2D eigenvalue weighted by Gasteiger charge is 2.21. The molecule has 0 N–H and O–H groups in total. The highest BCUT2D eigenvalue weighted by atomic mass is 32.2. The Bertz CT molecular complexity index is 691. The van der Waals surface area contributed by atoms with E-state index in [9.17, 15) is 8.42 Å². The standard InChI is InChI=1S/C12H9N2O3S/c13-10-11-5-4-6-12(9-11)18(15,16)17-14-7-2-1-3-8-14/h1-9H/q+1. The smallest absolute Gasteiger partial charge is 0.192 e. The van der Waals surface area contributed by atoms with Crippen molar-refractivity contribution in [3.05, 3.63) is 60.4 Å².